The molecule has 0 unspecified atom stereocenters. The standard InChI is InChI=1S/C38H40F3N5O7S/c39-38(40,41)23-15-13-22(14-16-23)33-42-31-27-10-7-8-11-29(27)53-32(31)35(43-33)52-25-19-28-34(48)44-37(36(49)45-54(50,51)26-17-18-26)20-24(37)9-5-3-1-2-4-6-12-30(47)46(28)21-25/h7-8,10-11,13-16,24-26,28H,1-6,9,12,17-21H2,(H,44,48)(H,45,49)/t24-,25-,28+,37-/m1/s1. The third kappa shape index (κ3) is 7.11. The van der Waals surface area contributed by atoms with Gasteiger partial charge < -0.3 is 19.4 Å². The summed E-state index contributed by atoms with van der Waals surface area (Å²) >= 11 is 0. The number of nitrogens with zero attached hydrogens (tertiary/aromatic N) is 3. The largest absolute Gasteiger partial charge is 0.470 e. The smallest absolute Gasteiger partial charge is 0.416 e. The van der Waals surface area contributed by atoms with Gasteiger partial charge in [-0.1, -0.05) is 56.4 Å². The Bertz CT molecular complexity index is 2220. The van der Waals surface area contributed by atoms with Gasteiger partial charge in [-0.3, -0.25) is 19.1 Å². The van der Waals surface area contributed by atoms with Gasteiger partial charge in [0.25, 0.3) is 11.8 Å². The Morgan fingerprint density at radius 2 is 1.69 bits per heavy atom. The van der Waals surface area contributed by atoms with Gasteiger partial charge in [0.15, 0.2) is 5.82 Å². The minimum Gasteiger partial charge on any atom is -0.470 e. The lowest BCUT2D eigenvalue weighted by atomic mass is 10.0. The van der Waals surface area contributed by atoms with Crippen LogP contribution in [-0.2, 0) is 30.6 Å². The number of carbonyl (C=O) groups is 3. The summed E-state index contributed by atoms with van der Waals surface area (Å²) in [4.78, 5) is 52.2. The van der Waals surface area contributed by atoms with Gasteiger partial charge in [-0.05, 0) is 62.3 Å². The zero-order valence-corrected chi connectivity index (χ0v) is 30.2. The second kappa shape index (κ2) is 13.8. The van der Waals surface area contributed by atoms with Crippen molar-refractivity contribution in [2.75, 3.05) is 6.54 Å². The number of rotatable bonds is 6. The van der Waals surface area contributed by atoms with Crippen molar-refractivity contribution in [3.8, 4) is 17.3 Å². The van der Waals surface area contributed by atoms with Gasteiger partial charge in [-0.25, -0.2) is 13.4 Å². The molecule has 0 radical (unpaired) electrons. The van der Waals surface area contributed by atoms with Crippen molar-refractivity contribution < 1.29 is 45.1 Å². The van der Waals surface area contributed by atoms with Crippen LogP contribution in [0.2, 0.25) is 0 Å². The molecule has 3 amide bonds. The fourth-order valence-electron chi connectivity index (χ4n) is 7.82. The van der Waals surface area contributed by atoms with E-state index in [0.717, 1.165) is 44.2 Å². The Kier molecular flexibility index (Phi) is 9.29. The number of benzene rings is 2. The molecule has 2 saturated heterocycles. The maximum atomic E-state index is 14.2. The van der Waals surface area contributed by atoms with Crippen LogP contribution in [0, 0.1) is 5.92 Å². The van der Waals surface area contributed by atoms with Crippen LogP contribution < -0.4 is 14.8 Å². The lowest BCUT2D eigenvalue weighted by Crippen LogP contribution is -2.56. The van der Waals surface area contributed by atoms with E-state index in [1.54, 1.807) is 24.3 Å². The SMILES string of the molecule is O=C1N[C@]2(C(=O)NS(=O)(=O)C3CC3)C[C@H]2CCCCCCCCC(=O)N2C[C@H](Oc3nc(-c4ccc(C(F)(F)F)cc4)nc4c3oc3ccccc34)C[C@@H]12. The summed E-state index contributed by atoms with van der Waals surface area (Å²) in [6, 6.07) is 10.5. The first-order chi connectivity index (χ1) is 25.8. The average Bonchev–Trinajstić information content (AvgIpc) is 4.04. The first kappa shape index (κ1) is 36.3. The van der Waals surface area contributed by atoms with E-state index in [9.17, 15) is 36.0 Å². The number of nitrogens with one attached hydrogen (secondary N) is 2. The molecule has 16 heteroatoms. The summed E-state index contributed by atoms with van der Waals surface area (Å²) in [7, 11) is -3.87. The third-order valence-electron chi connectivity index (χ3n) is 11.1. The molecule has 12 nitrogen and oxygen atoms in total. The topological polar surface area (TPSA) is 161 Å². The molecule has 2 N–H and O–H groups in total. The summed E-state index contributed by atoms with van der Waals surface area (Å²) < 4.78 is 80.4. The molecule has 4 aromatic rings. The number of para-hydroxylation sites is 1. The lowest BCUT2D eigenvalue weighted by Gasteiger charge is -2.26. The average molecular weight is 768 g/mol. The minimum absolute atomic E-state index is 0.00455. The first-order valence-electron chi connectivity index (χ1n) is 18.5. The highest BCUT2D eigenvalue weighted by Gasteiger charge is 2.62. The summed E-state index contributed by atoms with van der Waals surface area (Å²) in [5.74, 6) is -1.73. The normalized spacial score (nSPS) is 25.7. The van der Waals surface area contributed by atoms with Crippen molar-refractivity contribution in [3.63, 3.8) is 0 Å². The molecule has 2 aromatic heterocycles. The molecule has 8 rings (SSSR count). The lowest BCUT2D eigenvalue weighted by molar-refractivity contribution is -0.140. The Balaban J connectivity index is 1.10. The van der Waals surface area contributed by atoms with E-state index in [0.29, 0.717) is 54.2 Å². The molecule has 0 bridgehead atoms. The monoisotopic (exact) mass is 767 g/mol. The fraction of sp³-hybridized carbons (Fsp3) is 0.500. The molecule has 4 fully saturated rings. The number of furan rings is 1. The van der Waals surface area contributed by atoms with Crippen LogP contribution in [0.25, 0.3) is 33.5 Å². The number of hydrogen-bond acceptors (Lipinski definition) is 9. The highest BCUT2D eigenvalue weighted by atomic mass is 32.2. The van der Waals surface area contributed by atoms with Crippen LogP contribution in [0.15, 0.2) is 52.9 Å². The Labute approximate surface area is 309 Å². The number of ether oxygens (including phenoxy) is 1. The number of alkyl halides is 3. The molecule has 286 valence electrons. The highest BCUT2D eigenvalue weighted by Crippen LogP contribution is 2.48. The Hall–Kier alpha value is -4.73. The minimum atomic E-state index is -4.53. The number of halogens is 3. The number of hydrogen-bond donors (Lipinski definition) is 2. The zero-order chi connectivity index (χ0) is 37.8. The van der Waals surface area contributed by atoms with E-state index < -0.39 is 56.5 Å². The molecule has 4 atom stereocenters. The van der Waals surface area contributed by atoms with E-state index >= 15 is 0 Å². The summed E-state index contributed by atoms with van der Waals surface area (Å²) in [5, 5.41) is 2.91. The molecule has 0 spiro atoms. The second-order valence-corrected chi connectivity index (χ2v) is 16.9. The van der Waals surface area contributed by atoms with E-state index in [2.05, 4.69) is 20.0 Å². The predicted molar refractivity (Wildman–Crippen MR) is 190 cm³/mol. The van der Waals surface area contributed by atoms with Gasteiger partial charge in [0, 0.05) is 23.8 Å². The van der Waals surface area contributed by atoms with Gasteiger partial charge in [-0.2, -0.15) is 18.2 Å². The maximum absolute atomic E-state index is 14.2. The highest BCUT2D eigenvalue weighted by molar-refractivity contribution is 7.91. The molecular weight excluding hydrogens is 728 g/mol. The van der Waals surface area contributed by atoms with Gasteiger partial charge in [0.2, 0.25) is 27.4 Å². The molecule has 2 saturated carbocycles. The van der Waals surface area contributed by atoms with E-state index in [-0.39, 0.29) is 48.5 Å². The van der Waals surface area contributed by atoms with E-state index in [4.69, 9.17) is 9.15 Å². The quantitative estimate of drug-likeness (QED) is 0.239. The molecular formula is C38H40F3N5O7S. The van der Waals surface area contributed by atoms with Gasteiger partial charge >= 0.3 is 6.18 Å². The molecule has 4 heterocycles. The number of aromatic nitrogens is 2. The zero-order valence-electron chi connectivity index (χ0n) is 29.4. The van der Waals surface area contributed by atoms with Crippen LogP contribution in [0.1, 0.15) is 82.6 Å². The van der Waals surface area contributed by atoms with Gasteiger partial charge in [0.05, 0.1) is 17.4 Å². The fourth-order valence-corrected chi connectivity index (χ4v) is 9.18. The van der Waals surface area contributed by atoms with Gasteiger partial charge in [-0.15, -0.1) is 0 Å². The van der Waals surface area contributed by atoms with Crippen molar-refractivity contribution >= 4 is 49.8 Å². The van der Waals surface area contributed by atoms with E-state index in [1.807, 2.05) is 0 Å². The van der Waals surface area contributed by atoms with Crippen molar-refractivity contribution in [2.45, 2.75) is 106 Å². The van der Waals surface area contributed by atoms with Crippen molar-refractivity contribution in [2.24, 2.45) is 5.92 Å². The second-order valence-electron chi connectivity index (χ2n) is 14.9. The van der Waals surface area contributed by atoms with Gasteiger partial charge in [0.1, 0.15) is 28.8 Å². The van der Waals surface area contributed by atoms with E-state index in [1.165, 1.54) is 17.0 Å². The van der Waals surface area contributed by atoms with Crippen molar-refractivity contribution in [1.29, 1.82) is 0 Å². The molecule has 2 aromatic carbocycles. The first-order valence-corrected chi connectivity index (χ1v) is 20.1. The van der Waals surface area contributed by atoms with Crippen LogP contribution in [0.3, 0.4) is 0 Å². The molecule has 2 aliphatic carbocycles. The van der Waals surface area contributed by atoms with Crippen LogP contribution in [0.5, 0.6) is 5.88 Å². The summed E-state index contributed by atoms with van der Waals surface area (Å²) in [6.45, 7) is 0.0109. The summed E-state index contributed by atoms with van der Waals surface area (Å²) in [6.07, 6.45) is 2.01. The number of sulfonamides is 1. The number of fused-ring (bicyclic) bond motifs is 5. The summed E-state index contributed by atoms with van der Waals surface area (Å²) in [5.41, 5.74) is -0.870. The number of carbonyl (C=O) groups excluding carboxylic acids is 3. The molecule has 4 aliphatic rings. The van der Waals surface area contributed by atoms with Crippen molar-refractivity contribution in [1.82, 2.24) is 24.9 Å². The Morgan fingerprint density at radius 1 is 0.963 bits per heavy atom. The maximum Gasteiger partial charge on any atom is 0.416 e. The van der Waals surface area contributed by atoms with Crippen LogP contribution in [-0.4, -0.2) is 70.5 Å². The van der Waals surface area contributed by atoms with Crippen LogP contribution in [0.4, 0.5) is 13.2 Å². The third-order valence-corrected chi connectivity index (χ3v) is 12.9. The van der Waals surface area contributed by atoms with Crippen LogP contribution >= 0.6 is 0 Å². The molecule has 2 aliphatic heterocycles. The van der Waals surface area contributed by atoms with Crippen molar-refractivity contribution in [3.05, 3.63) is 54.1 Å². The molecule has 54 heavy (non-hydrogen) atoms. The Morgan fingerprint density at radius 3 is 2.43 bits per heavy atom. The predicted octanol–water partition coefficient (Wildman–Crippen LogP) is 6.03. The number of amides is 3.